The van der Waals surface area contributed by atoms with E-state index in [4.69, 9.17) is 4.52 Å². The third-order valence-electron chi connectivity index (χ3n) is 6.36. The molecule has 2 amide bonds. The molecule has 36 heavy (non-hydrogen) atoms. The van der Waals surface area contributed by atoms with Crippen LogP contribution in [0.25, 0.3) is 17.0 Å². The zero-order valence-corrected chi connectivity index (χ0v) is 19.8. The van der Waals surface area contributed by atoms with Crippen molar-refractivity contribution in [1.29, 1.82) is 0 Å². The van der Waals surface area contributed by atoms with Gasteiger partial charge in [0, 0.05) is 16.8 Å². The molecule has 6 nitrogen and oxygen atoms in total. The van der Waals surface area contributed by atoms with Gasteiger partial charge >= 0.3 is 6.03 Å². The number of halogens is 2. The van der Waals surface area contributed by atoms with E-state index in [-0.39, 0.29) is 18.3 Å². The molecule has 0 fully saturated rings. The summed E-state index contributed by atoms with van der Waals surface area (Å²) in [6.07, 6.45) is 0.917. The normalized spacial score (nSPS) is 15.8. The van der Waals surface area contributed by atoms with Gasteiger partial charge < -0.3 is 9.84 Å². The molecule has 8 heteroatoms. The van der Waals surface area contributed by atoms with Crippen molar-refractivity contribution >= 4 is 11.6 Å². The lowest BCUT2D eigenvalue weighted by atomic mass is 9.94. The number of hydrogen-bond acceptors (Lipinski definition) is 4. The first-order chi connectivity index (χ1) is 17.4. The van der Waals surface area contributed by atoms with Crippen LogP contribution in [0.15, 0.2) is 83.0 Å². The fraction of sp³-hybridized carbons (Fsp3) is 0.179. The molecule has 4 aromatic rings. The number of nitrogens with one attached hydrogen (secondary N) is 1. The average Bonchev–Trinajstić information content (AvgIpc) is 3.37. The number of allylic oxidation sites excluding steroid dienone is 1. The first kappa shape index (κ1) is 23.4. The highest BCUT2D eigenvalue weighted by atomic mass is 19.1. The number of urea groups is 1. The van der Waals surface area contributed by atoms with E-state index in [1.807, 2.05) is 24.3 Å². The van der Waals surface area contributed by atoms with Gasteiger partial charge in [0.15, 0.2) is 0 Å². The molecular weight excluding hydrogens is 462 g/mol. The van der Waals surface area contributed by atoms with Crippen LogP contribution >= 0.6 is 0 Å². The predicted octanol–water partition coefficient (Wildman–Crippen LogP) is 6.27. The van der Waals surface area contributed by atoms with E-state index in [0.29, 0.717) is 28.2 Å². The van der Waals surface area contributed by atoms with Crippen molar-refractivity contribution < 1.29 is 18.1 Å². The van der Waals surface area contributed by atoms with Gasteiger partial charge in [-0.25, -0.2) is 13.6 Å². The largest absolute Gasteiger partial charge is 0.334 e. The van der Waals surface area contributed by atoms with Crippen molar-refractivity contribution in [3.05, 3.63) is 113 Å². The summed E-state index contributed by atoms with van der Waals surface area (Å²) in [6, 6.07) is 19.0. The standard InChI is InChI=1S/C28H24F2N4O2/c1-3-18-8-10-20(11-9-18)26-32-27(36-33-26)24-17(2)34(16-21-6-4-5-7-23(21)30)28(35)31-25(24)19-12-14-22(29)15-13-19/h4-15,25H,3,16H2,1-2H3,(H,31,35). The summed E-state index contributed by atoms with van der Waals surface area (Å²) >= 11 is 0. The molecule has 0 saturated carbocycles. The molecule has 1 N–H and O–H groups in total. The lowest BCUT2D eigenvalue weighted by Gasteiger charge is -2.35. The second-order valence-corrected chi connectivity index (χ2v) is 8.58. The Hall–Kier alpha value is -4.33. The molecule has 0 radical (unpaired) electrons. The lowest BCUT2D eigenvalue weighted by molar-refractivity contribution is 0.202. The van der Waals surface area contributed by atoms with E-state index in [0.717, 1.165) is 12.0 Å². The Labute approximate surface area is 207 Å². The second kappa shape index (κ2) is 9.73. The van der Waals surface area contributed by atoms with Gasteiger partial charge in [-0.3, -0.25) is 4.90 Å². The number of hydrogen-bond donors (Lipinski definition) is 1. The Bertz CT molecular complexity index is 1430. The van der Waals surface area contributed by atoms with Crippen molar-refractivity contribution in [1.82, 2.24) is 20.4 Å². The van der Waals surface area contributed by atoms with Crippen molar-refractivity contribution in [2.45, 2.75) is 32.9 Å². The minimum Gasteiger partial charge on any atom is -0.334 e. The zero-order valence-electron chi connectivity index (χ0n) is 19.8. The summed E-state index contributed by atoms with van der Waals surface area (Å²) in [5.41, 5.74) is 4.10. The Morgan fingerprint density at radius 2 is 1.72 bits per heavy atom. The van der Waals surface area contributed by atoms with Crippen molar-refractivity contribution in [2.24, 2.45) is 0 Å². The van der Waals surface area contributed by atoms with E-state index >= 15 is 0 Å². The number of rotatable bonds is 6. The van der Waals surface area contributed by atoms with Gasteiger partial charge in [0.05, 0.1) is 18.2 Å². The molecule has 1 atom stereocenters. The summed E-state index contributed by atoms with van der Waals surface area (Å²) in [4.78, 5) is 19.2. The fourth-order valence-corrected chi connectivity index (χ4v) is 4.29. The van der Waals surface area contributed by atoms with E-state index in [1.54, 1.807) is 37.3 Å². The van der Waals surface area contributed by atoms with Crippen LogP contribution < -0.4 is 5.32 Å². The molecule has 1 aromatic heterocycles. The highest BCUT2D eigenvalue weighted by Gasteiger charge is 2.36. The van der Waals surface area contributed by atoms with Crippen LogP contribution in [0, 0.1) is 11.6 Å². The van der Waals surface area contributed by atoms with Gasteiger partial charge in [-0.15, -0.1) is 0 Å². The van der Waals surface area contributed by atoms with Crippen LogP contribution in [0.3, 0.4) is 0 Å². The molecule has 1 unspecified atom stereocenters. The Morgan fingerprint density at radius 1 is 1.00 bits per heavy atom. The molecule has 1 aliphatic heterocycles. The van der Waals surface area contributed by atoms with Gasteiger partial charge in [-0.1, -0.05) is 66.7 Å². The first-order valence-electron chi connectivity index (χ1n) is 11.7. The summed E-state index contributed by atoms with van der Waals surface area (Å²) in [6.45, 7) is 3.85. The molecule has 0 bridgehead atoms. The van der Waals surface area contributed by atoms with Crippen LogP contribution in [0.2, 0.25) is 0 Å². The molecule has 5 rings (SSSR count). The Kier molecular flexibility index (Phi) is 6.33. The third-order valence-corrected chi connectivity index (χ3v) is 6.36. The minimum absolute atomic E-state index is 0.0173. The van der Waals surface area contributed by atoms with Crippen LogP contribution in [-0.2, 0) is 13.0 Å². The minimum atomic E-state index is -0.661. The van der Waals surface area contributed by atoms with E-state index in [2.05, 4.69) is 22.4 Å². The quantitative estimate of drug-likeness (QED) is 0.348. The van der Waals surface area contributed by atoms with Crippen molar-refractivity contribution in [2.75, 3.05) is 0 Å². The Balaban J connectivity index is 1.58. The second-order valence-electron chi connectivity index (χ2n) is 8.58. The van der Waals surface area contributed by atoms with Crippen LogP contribution in [-0.4, -0.2) is 21.1 Å². The molecule has 2 heterocycles. The van der Waals surface area contributed by atoms with Crippen molar-refractivity contribution in [3.63, 3.8) is 0 Å². The number of aromatic nitrogens is 2. The number of carbonyl (C=O) groups excluding carboxylic acids is 1. The predicted molar refractivity (Wildman–Crippen MR) is 131 cm³/mol. The molecule has 0 spiro atoms. The summed E-state index contributed by atoms with van der Waals surface area (Å²) in [5.74, 6) is -0.172. The molecule has 1 aliphatic rings. The number of carbonyl (C=O) groups is 1. The van der Waals surface area contributed by atoms with Crippen molar-refractivity contribution in [3.8, 4) is 11.4 Å². The number of nitrogens with zero attached hydrogens (tertiary/aromatic N) is 3. The van der Waals surface area contributed by atoms with E-state index in [9.17, 15) is 13.6 Å². The molecule has 0 saturated heterocycles. The maximum absolute atomic E-state index is 14.4. The fourth-order valence-electron chi connectivity index (χ4n) is 4.29. The van der Waals surface area contributed by atoms with Crippen LogP contribution in [0.1, 0.15) is 42.5 Å². The third kappa shape index (κ3) is 4.49. The average molecular weight is 487 g/mol. The number of benzene rings is 3. The maximum atomic E-state index is 14.4. The first-order valence-corrected chi connectivity index (χ1v) is 11.7. The smallest absolute Gasteiger partial charge is 0.322 e. The molecule has 182 valence electrons. The van der Waals surface area contributed by atoms with Gasteiger partial charge in [-0.05, 0) is 42.7 Å². The monoisotopic (exact) mass is 486 g/mol. The molecule has 0 aliphatic carbocycles. The molecular formula is C28H24F2N4O2. The number of aryl methyl sites for hydroxylation is 1. The van der Waals surface area contributed by atoms with Gasteiger partial charge in [0.1, 0.15) is 11.6 Å². The zero-order chi connectivity index (χ0) is 25.2. The lowest BCUT2D eigenvalue weighted by Crippen LogP contribution is -2.45. The van der Waals surface area contributed by atoms with Gasteiger partial charge in [0.25, 0.3) is 5.89 Å². The summed E-state index contributed by atoms with van der Waals surface area (Å²) in [7, 11) is 0. The summed E-state index contributed by atoms with van der Waals surface area (Å²) < 4.78 is 33.7. The topological polar surface area (TPSA) is 71.3 Å². The molecule has 3 aromatic carbocycles. The summed E-state index contributed by atoms with van der Waals surface area (Å²) in [5, 5.41) is 7.11. The highest BCUT2D eigenvalue weighted by Crippen LogP contribution is 2.38. The Morgan fingerprint density at radius 3 is 2.42 bits per heavy atom. The van der Waals surface area contributed by atoms with Gasteiger partial charge in [0.2, 0.25) is 5.82 Å². The number of amides is 2. The SMILES string of the molecule is CCc1ccc(-c2noc(C3=C(C)N(Cc4ccccc4F)C(=O)NC3c3ccc(F)cc3)n2)cc1. The van der Waals surface area contributed by atoms with Crippen LogP contribution in [0.5, 0.6) is 0 Å². The van der Waals surface area contributed by atoms with Gasteiger partial charge in [-0.2, -0.15) is 4.98 Å². The maximum Gasteiger partial charge on any atom is 0.322 e. The highest BCUT2D eigenvalue weighted by molar-refractivity contribution is 5.86. The van der Waals surface area contributed by atoms with E-state index < -0.39 is 17.9 Å². The van der Waals surface area contributed by atoms with E-state index in [1.165, 1.54) is 28.7 Å². The van der Waals surface area contributed by atoms with Crippen LogP contribution in [0.4, 0.5) is 13.6 Å².